The molecule has 7 heteroatoms. The van der Waals surface area contributed by atoms with Crippen LogP contribution in [0.2, 0.25) is 0 Å². The second-order valence-corrected chi connectivity index (χ2v) is 7.00. The molecule has 3 aromatic heterocycles. The van der Waals surface area contributed by atoms with E-state index in [0.29, 0.717) is 11.6 Å². The number of benzene rings is 1. The fourth-order valence-electron chi connectivity index (χ4n) is 3.36. The highest BCUT2D eigenvalue weighted by Gasteiger charge is 2.24. The Labute approximate surface area is 161 Å². The van der Waals surface area contributed by atoms with Crippen LogP contribution in [0.3, 0.4) is 0 Å². The summed E-state index contributed by atoms with van der Waals surface area (Å²) in [6, 6.07) is 13.6. The van der Waals surface area contributed by atoms with Gasteiger partial charge in [-0.05, 0) is 35.9 Å². The van der Waals surface area contributed by atoms with E-state index in [9.17, 15) is 5.11 Å². The smallest absolute Gasteiger partial charge is 0.219 e. The number of ether oxygens (including phenoxy) is 1. The minimum Gasteiger partial charge on any atom is -0.439 e. The molecule has 2 N–H and O–H groups in total. The number of likely N-dealkylation sites (tertiary alicyclic amines) is 1. The normalized spacial score (nSPS) is 14.9. The Hall–Kier alpha value is -3.29. The van der Waals surface area contributed by atoms with Crippen LogP contribution in [0.4, 0.5) is 0 Å². The maximum atomic E-state index is 9.40. The van der Waals surface area contributed by atoms with Crippen molar-refractivity contribution in [1.29, 1.82) is 0 Å². The minimum absolute atomic E-state index is 0.185. The van der Waals surface area contributed by atoms with Gasteiger partial charge in [0.2, 0.25) is 5.88 Å². The number of fused-ring (bicyclic) bond motifs is 1. The van der Waals surface area contributed by atoms with Crippen molar-refractivity contribution >= 4 is 10.9 Å². The zero-order chi connectivity index (χ0) is 18.9. The van der Waals surface area contributed by atoms with Crippen LogP contribution in [0.5, 0.6) is 11.6 Å². The van der Waals surface area contributed by atoms with Crippen LogP contribution < -0.4 is 4.74 Å². The fourth-order valence-corrected chi connectivity index (χ4v) is 3.36. The molecule has 0 saturated carbocycles. The van der Waals surface area contributed by atoms with Gasteiger partial charge in [-0.2, -0.15) is 5.10 Å². The van der Waals surface area contributed by atoms with Crippen LogP contribution in [-0.4, -0.2) is 49.4 Å². The Bertz CT molecular complexity index is 1090. The summed E-state index contributed by atoms with van der Waals surface area (Å²) in [5.74, 6) is 1.22. The lowest BCUT2D eigenvalue weighted by molar-refractivity contribution is -0.00289. The number of rotatable bonds is 5. The zero-order valence-corrected chi connectivity index (χ0v) is 15.1. The van der Waals surface area contributed by atoms with Gasteiger partial charge in [0.25, 0.3) is 0 Å². The summed E-state index contributed by atoms with van der Waals surface area (Å²) in [4.78, 5) is 11.1. The molecule has 0 amide bonds. The summed E-state index contributed by atoms with van der Waals surface area (Å²) in [5.41, 5.74) is 3.88. The maximum Gasteiger partial charge on any atom is 0.219 e. The highest BCUT2D eigenvalue weighted by molar-refractivity contribution is 5.80. The van der Waals surface area contributed by atoms with Crippen molar-refractivity contribution in [3.63, 3.8) is 0 Å². The van der Waals surface area contributed by atoms with Gasteiger partial charge in [-0.1, -0.05) is 0 Å². The number of hydrogen-bond donors (Lipinski definition) is 2. The van der Waals surface area contributed by atoms with Gasteiger partial charge < -0.3 is 9.84 Å². The molecule has 1 saturated heterocycles. The quantitative estimate of drug-likeness (QED) is 0.559. The Balaban J connectivity index is 1.30. The summed E-state index contributed by atoms with van der Waals surface area (Å²) >= 11 is 0. The van der Waals surface area contributed by atoms with Crippen molar-refractivity contribution < 1.29 is 9.84 Å². The summed E-state index contributed by atoms with van der Waals surface area (Å²) in [5, 5.41) is 17.3. The van der Waals surface area contributed by atoms with E-state index in [1.807, 2.05) is 42.6 Å². The molecule has 0 aliphatic carbocycles. The molecule has 0 atom stereocenters. The fraction of sp³-hybridized carbons (Fsp3) is 0.190. The Kier molecular flexibility index (Phi) is 4.23. The van der Waals surface area contributed by atoms with Crippen LogP contribution in [0.25, 0.3) is 22.2 Å². The molecule has 5 rings (SSSR count). The average molecular weight is 373 g/mol. The monoisotopic (exact) mass is 373 g/mol. The number of aliphatic hydroxyl groups excluding tert-OH is 1. The first-order chi connectivity index (χ1) is 13.7. The molecule has 1 fully saturated rings. The Morgan fingerprint density at radius 2 is 2.00 bits per heavy atom. The molecular formula is C21H19N5O2. The summed E-state index contributed by atoms with van der Waals surface area (Å²) in [7, 11) is 0. The zero-order valence-electron chi connectivity index (χ0n) is 15.1. The third-order valence-corrected chi connectivity index (χ3v) is 4.83. The van der Waals surface area contributed by atoms with Crippen LogP contribution in [-0.2, 0) is 6.54 Å². The molecule has 0 bridgehead atoms. The van der Waals surface area contributed by atoms with Crippen LogP contribution in [0.15, 0.2) is 61.1 Å². The summed E-state index contributed by atoms with van der Waals surface area (Å²) in [6.45, 7) is 2.28. The molecule has 0 unspecified atom stereocenters. The molecule has 7 nitrogen and oxygen atoms in total. The Morgan fingerprint density at radius 3 is 2.75 bits per heavy atom. The predicted molar refractivity (Wildman–Crippen MR) is 105 cm³/mol. The molecule has 1 aliphatic rings. The van der Waals surface area contributed by atoms with Crippen LogP contribution in [0.1, 0.15) is 5.56 Å². The van der Waals surface area contributed by atoms with Crippen molar-refractivity contribution in [2.45, 2.75) is 12.6 Å². The van der Waals surface area contributed by atoms with E-state index in [2.05, 4.69) is 31.1 Å². The number of aromatic nitrogens is 4. The number of hydrogen-bond acceptors (Lipinski definition) is 6. The Morgan fingerprint density at radius 1 is 1.07 bits per heavy atom. The van der Waals surface area contributed by atoms with E-state index in [4.69, 9.17) is 4.74 Å². The molecule has 28 heavy (non-hydrogen) atoms. The first-order valence-corrected chi connectivity index (χ1v) is 9.16. The lowest BCUT2D eigenvalue weighted by atomic mass is 10.1. The van der Waals surface area contributed by atoms with Crippen molar-refractivity contribution in [1.82, 2.24) is 25.1 Å². The third-order valence-electron chi connectivity index (χ3n) is 4.83. The van der Waals surface area contributed by atoms with Crippen molar-refractivity contribution in [3.8, 4) is 22.9 Å². The number of β-amino-alcohol motifs (C(OH)–C–C–N with tert-alkyl or cyclic N) is 1. The van der Waals surface area contributed by atoms with Gasteiger partial charge in [-0.25, -0.2) is 4.98 Å². The van der Waals surface area contributed by atoms with Gasteiger partial charge in [-0.3, -0.25) is 15.0 Å². The first kappa shape index (κ1) is 16.9. The van der Waals surface area contributed by atoms with Crippen molar-refractivity contribution in [2.24, 2.45) is 0 Å². The van der Waals surface area contributed by atoms with Gasteiger partial charge in [0.05, 0.1) is 17.3 Å². The average Bonchev–Trinajstić information content (AvgIpc) is 3.22. The SMILES string of the molecule is OC1CN(Cc2cnc3cc(Oc4ccc(-c5ccn[nH]5)cn4)ccc3c2)C1. The van der Waals surface area contributed by atoms with Gasteiger partial charge in [0.1, 0.15) is 5.75 Å². The van der Waals surface area contributed by atoms with Crippen LogP contribution in [0, 0.1) is 0 Å². The highest BCUT2D eigenvalue weighted by atomic mass is 16.5. The minimum atomic E-state index is -0.185. The topological polar surface area (TPSA) is 87.2 Å². The standard InChI is InChI=1S/C21H19N5O2/c27-17-12-26(13-17)11-14-7-15-1-3-18(8-20(15)22-9-14)28-21-4-2-16(10-23-21)19-5-6-24-25-19/h1-10,17,27H,11-13H2,(H,24,25). The predicted octanol–water partition coefficient (Wildman–Crippen LogP) is 2.99. The van der Waals surface area contributed by atoms with Gasteiger partial charge in [0.15, 0.2) is 0 Å². The number of pyridine rings is 2. The lowest BCUT2D eigenvalue weighted by Crippen LogP contribution is -2.49. The molecule has 4 heterocycles. The molecule has 1 aliphatic heterocycles. The number of H-pyrrole nitrogens is 1. The number of nitrogens with zero attached hydrogens (tertiary/aromatic N) is 4. The van der Waals surface area contributed by atoms with Crippen molar-refractivity contribution in [3.05, 3.63) is 66.6 Å². The number of nitrogens with one attached hydrogen (secondary N) is 1. The van der Waals surface area contributed by atoms with E-state index in [1.165, 1.54) is 0 Å². The van der Waals surface area contributed by atoms with Gasteiger partial charge in [-0.15, -0.1) is 0 Å². The second kappa shape index (κ2) is 7.03. The molecule has 0 radical (unpaired) electrons. The van der Waals surface area contributed by atoms with E-state index >= 15 is 0 Å². The van der Waals surface area contributed by atoms with E-state index < -0.39 is 0 Å². The molecule has 4 aromatic rings. The third kappa shape index (κ3) is 3.45. The molecular weight excluding hydrogens is 354 g/mol. The highest BCUT2D eigenvalue weighted by Crippen LogP contribution is 2.26. The molecule has 1 aromatic carbocycles. The largest absolute Gasteiger partial charge is 0.439 e. The first-order valence-electron chi connectivity index (χ1n) is 9.16. The molecule has 0 spiro atoms. The van der Waals surface area contributed by atoms with Crippen molar-refractivity contribution in [2.75, 3.05) is 13.1 Å². The summed E-state index contributed by atoms with van der Waals surface area (Å²) in [6.07, 6.45) is 5.16. The lowest BCUT2D eigenvalue weighted by Gasteiger charge is -2.35. The number of aromatic amines is 1. The maximum absolute atomic E-state index is 9.40. The van der Waals surface area contributed by atoms with Crippen LogP contribution >= 0.6 is 0 Å². The van der Waals surface area contributed by atoms with E-state index in [-0.39, 0.29) is 6.10 Å². The van der Waals surface area contributed by atoms with E-state index in [1.54, 1.807) is 12.4 Å². The van der Waals surface area contributed by atoms with Gasteiger partial charge in [0, 0.05) is 61.3 Å². The van der Waals surface area contributed by atoms with E-state index in [0.717, 1.165) is 47.4 Å². The summed E-state index contributed by atoms with van der Waals surface area (Å²) < 4.78 is 5.88. The second-order valence-electron chi connectivity index (χ2n) is 7.00. The number of aliphatic hydroxyl groups is 1. The molecule has 140 valence electrons. The van der Waals surface area contributed by atoms with Gasteiger partial charge >= 0.3 is 0 Å².